The molecule has 0 aliphatic heterocycles. The van der Waals surface area contributed by atoms with Crippen molar-refractivity contribution < 1.29 is 5.11 Å². The molecular weight excluding hydrogens is 230 g/mol. The van der Waals surface area contributed by atoms with Crippen LogP contribution in [-0.4, -0.2) is 35.5 Å². The number of aliphatic hydroxyl groups excluding tert-OH is 1. The van der Waals surface area contributed by atoms with Crippen LogP contribution in [0.15, 0.2) is 30.3 Å². The zero-order valence-corrected chi connectivity index (χ0v) is 11.1. The SMILES string of the molecule is OCCN(Cc1ccccc1)CC1(CS)CC1. The highest BCUT2D eigenvalue weighted by Crippen LogP contribution is 2.47. The van der Waals surface area contributed by atoms with E-state index in [1.807, 2.05) is 6.07 Å². The topological polar surface area (TPSA) is 23.5 Å². The molecule has 0 bridgehead atoms. The Kier molecular flexibility index (Phi) is 4.48. The van der Waals surface area contributed by atoms with Gasteiger partial charge in [0.1, 0.15) is 0 Å². The first-order valence-electron chi connectivity index (χ1n) is 6.26. The number of nitrogens with zero attached hydrogens (tertiary/aromatic N) is 1. The van der Waals surface area contributed by atoms with Gasteiger partial charge in [0.25, 0.3) is 0 Å². The quantitative estimate of drug-likeness (QED) is 0.726. The summed E-state index contributed by atoms with van der Waals surface area (Å²) in [5, 5.41) is 9.14. The van der Waals surface area contributed by atoms with Crippen LogP contribution in [0.5, 0.6) is 0 Å². The Morgan fingerprint density at radius 2 is 1.94 bits per heavy atom. The lowest BCUT2D eigenvalue weighted by molar-refractivity contribution is 0.168. The molecule has 2 nitrogen and oxygen atoms in total. The standard InChI is InChI=1S/C14H21NOS/c16-9-8-15(11-14(12-17)6-7-14)10-13-4-2-1-3-5-13/h1-5,16-17H,6-12H2. The molecular formula is C14H21NOS. The van der Waals surface area contributed by atoms with Crippen LogP contribution in [0, 0.1) is 5.41 Å². The maximum absolute atomic E-state index is 9.14. The average Bonchev–Trinajstić information content (AvgIpc) is 3.11. The Labute approximate surface area is 109 Å². The van der Waals surface area contributed by atoms with E-state index in [2.05, 4.69) is 41.8 Å². The van der Waals surface area contributed by atoms with Gasteiger partial charge < -0.3 is 5.11 Å². The minimum Gasteiger partial charge on any atom is -0.395 e. The summed E-state index contributed by atoms with van der Waals surface area (Å²) >= 11 is 4.44. The summed E-state index contributed by atoms with van der Waals surface area (Å²) in [6.45, 7) is 2.97. The van der Waals surface area contributed by atoms with Gasteiger partial charge >= 0.3 is 0 Å². The molecule has 1 aromatic rings. The summed E-state index contributed by atoms with van der Waals surface area (Å²) in [4.78, 5) is 2.35. The van der Waals surface area contributed by atoms with Gasteiger partial charge in [-0.05, 0) is 29.6 Å². The maximum Gasteiger partial charge on any atom is 0.0558 e. The van der Waals surface area contributed by atoms with Crippen LogP contribution in [0.2, 0.25) is 0 Å². The van der Waals surface area contributed by atoms with Crippen molar-refractivity contribution in [1.29, 1.82) is 0 Å². The van der Waals surface area contributed by atoms with E-state index in [0.29, 0.717) is 5.41 Å². The molecule has 0 radical (unpaired) electrons. The zero-order valence-electron chi connectivity index (χ0n) is 10.2. The fraction of sp³-hybridized carbons (Fsp3) is 0.571. The molecule has 1 saturated carbocycles. The van der Waals surface area contributed by atoms with Crippen molar-refractivity contribution in [3.63, 3.8) is 0 Å². The lowest BCUT2D eigenvalue weighted by Crippen LogP contribution is -2.33. The molecule has 94 valence electrons. The van der Waals surface area contributed by atoms with Crippen molar-refractivity contribution in [1.82, 2.24) is 4.90 Å². The van der Waals surface area contributed by atoms with E-state index in [4.69, 9.17) is 5.11 Å². The molecule has 0 saturated heterocycles. The van der Waals surface area contributed by atoms with E-state index in [1.165, 1.54) is 18.4 Å². The predicted octanol–water partition coefficient (Wildman–Crippen LogP) is 2.19. The van der Waals surface area contributed by atoms with Crippen LogP contribution in [0.3, 0.4) is 0 Å². The van der Waals surface area contributed by atoms with Gasteiger partial charge in [0.2, 0.25) is 0 Å². The van der Waals surface area contributed by atoms with Crippen molar-refractivity contribution in [3.05, 3.63) is 35.9 Å². The summed E-state index contributed by atoms with van der Waals surface area (Å²) in [5.74, 6) is 0.962. The molecule has 0 atom stereocenters. The maximum atomic E-state index is 9.14. The Morgan fingerprint density at radius 3 is 2.47 bits per heavy atom. The van der Waals surface area contributed by atoms with Gasteiger partial charge in [-0.25, -0.2) is 0 Å². The molecule has 0 unspecified atom stereocenters. The number of hydrogen-bond acceptors (Lipinski definition) is 3. The monoisotopic (exact) mass is 251 g/mol. The Bertz CT molecular complexity index is 337. The Hall–Kier alpha value is -0.510. The second-order valence-corrected chi connectivity index (χ2v) is 5.39. The number of benzene rings is 1. The fourth-order valence-electron chi connectivity index (χ4n) is 2.21. The third kappa shape index (κ3) is 3.73. The van der Waals surface area contributed by atoms with Gasteiger partial charge in [0, 0.05) is 19.6 Å². The molecule has 1 N–H and O–H groups in total. The number of thiol groups is 1. The van der Waals surface area contributed by atoms with Crippen LogP contribution in [0.1, 0.15) is 18.4 Å². The van der Waals surface area contributed by atoms with Gasteiger partial charge in [-0.1, -0.05) is 30.3 Å². The first-order valence-corrected chi connectivity index (χ1v) is 6.89. The van der Waals surface area contributed by atoms with E-state index < -0.39 is 0 Å². The normalized spacial score (nSPS) is 17.4. The molecule has 0 heterocycles. The molecule has 0 spiro atoms. The molecule has 17 heavy (non-hydrogen) atoms. The summed E-state index contributed by atoms with van der Waals surface area (Å²) in [6.07, 6.45) is 2.57. The highest BCUT2D eigenvalue weighted by molar-refractivity contribution is 7.80. The predicted molar refractivity (Wildman–Crippen MR) is 74.3 cm³/mol. The number of aliphatic hydroxyl groups is 1. The summed E-state index contributed by atoms with van der Waals surface area (Å²) < 4.78 is 0. The van der Waals surface area contributed by atoms with Gasteiger partial charge in [0.05, 0.1) is 6.61 Å². The van der Waals surface area contributed by atoms with Crippen LogP contribution in [-0.2, 0) is 6.54 Å². The smallest absolute Gasteiger partial charge is 0.0558 e. The average molecular weight is 251 g/mol. The van der Waals surface area contributed by atoms with Crippen molar-refractivity contribution in [2.45, 2.75) is 19.4 Å². The molecule has 1 aromatic carbocycles. The van der Waals surface area contributed by atoms with Gasteiger partial charge in [-0.3, -0.25) is 4.90 Å². The van der Waals surface area contributed by atoms with Crippen molar-refractivity contribution in [2.24, 2.45) is 5.41 Å². The Morgan fingerprint density at radius 1 is 1.24 bits per heavy atom. The Balaban J connectivity index is 1.93. The van der Waals surface area contributed by atoms with E-state index in [1.54, 1.807) is 0 Å². The lowest BCUT2D eigenvalue weighted by atomic mass is 10.1. The zero-order chi connectivity index (χ0) is 12.1. The second kappa shape index (κ2) is 5.89. The molecule has 0 aromatic heterocycles. The first kappa shape index (κ1) is 12.9. The van der Waals surface area contributed by atoms with E-state index in [-0.39, 0.29) is 6.61 Å². The fourth-order valence-corrected chi connectivity index (χ4v) is 2.63. The van der Waals surface area contributed by atoms with Crippen molar-refractivity contribution in [3.8, 4) is 0 Å². The molecule has 1 aliphatic rings. The third-order valence-corrected chi connectivity index (χ3v) is 4.19. The number of hydrogen-bond donors (Lipinski definition) is 2. The van der Waals surface area contributed by atoms with Crippen LogP contribution in [0.25, 0.3) is 0 Å². The van der Waals surface area contributed by atoms with Gasteiger partial charge in [-0.2, -0.15) is 12.6 Å². The largest absolute Gasteiger partial charge is 0.395 e. The lowest BCUT2D eigenvalue weighted by Gasteiger charge is -2.26. The van der Waals surface area contributed by atoms with E-state index >= 15 is 0 Å². The molecule has 2 rings (SSSR count). The van der Waals surface area contributed by atoms with Crippen LogP contribution >= 0.6 is 12.6 Å². The van der Waals surface area contributed by atoms with Crippen molar-refractivity contribution >= 4 is 12.6 Å². The molecule has 0 amide bonds. The summed E-state index contributed by atoms with van der Waals surface area (Å²) in [6, 6.07) is 10.5. The van der Waals surface area contributed by atoms with E-state index in [9.17, 15) is 0 Å². The first-order chi connectivity index (χ1) is 8.28. The molecule has 3 heteroatoms. The molecule has 1 fully saturated rings. The highest BCUT2D eigenvalue weighted by Gasteiger charge is 2.42. The van der Waals surface area contributed by atoms with Crippen LogP contribution in [0.4, 0.5) is 0 Å². The van der Waals surface area contributed by atoms with E-state index in [0.717, 1.165) is 25.4 Å². The van der Waals surface area contributed by atoms with Gasteiger partial charge in [-0.15, -0.1) is 0 Å². The van der Waals surface area contributed by atoms with Gasteiger partial charge in [0.15, 0.2) is 0 Å². The number of rotatable bonds is 7. The van der Waals surface area contributed by atoms with Crippen LogP contribution < -0.4 is 0 Å². The third-order valence-electron chi connectivity index (χ3n) is 3.52. The minimum atomic E-state index is 0.232. The minimum absolute atomic E-state index is 0.232. The second-order valence-electron chi connectivity index (χ2n) is 5.08. The summed E-state index contributed by atoms with van der Waals surface area (Å²) in [5.41, 5.74) is 1.74. The van der Waals surface area contributed by atoms with Crippen molar-refractivity contribution in [2.75, 3.05) is 25.4 Å². The summed E-state index contributed by atoms with van der Waals surface area (Å²) in [7, 11) is 0. The molecule has 1 aliphatic carbocycles. The highest BCUT2D eigenvalue weighted by atomic mass is 32.1.